The van der Waals surface area contributed by atoms with Crippen LogP contribution >= 0.6 is 0 Å². The van der Waals surface area contributed by atoms with Crippen LogP contribution in [0, 0.1) is 11.6 Å². The van der Waals surface area contributed by atoms with Gasteiger partial charge in [-0.15, -0.1) is 0 Å². The molecule has 2 bridgehead atoms. The first-order valence-corrected chi connectivity index (χ1v) is 14.5. The lowest BCUT2D eigenvalue weighted by Crippen LogP contribution is -2.48. The quantitative estimate of drug-likeness (QED) is 0.281. The maximum atomic E-state index is 14.6. The van der Waals surface area contributed by atoms with Crippen LogP contribution in [-0.2, 0) is 11.3 Å². The number of halogens is 2. The van der Waals surface area contributed by atoms with Crippen molar-refractivity contribution in [2.75, 3.05) is 26.6 Å². The van der Waals surface area contributed by atoms with E-state index in [1.165, 1.54) is 26.6 Å². The number of nitrogens with zero attached hydrogens (tertiary/aromatic N) is 3. The smallest absolute Gasteiger partial charge is 0.410 e. The predicted molar refractivity (Wildman–Crippen MR) is 159 cm³/mol. The van der Waals surface area contributed by atoms with E-state index in [0.717, 1.165) is 48.8 Å². The molecule has 2 aliphatic rings. The third-order valence-corrected chi connectivity index (χ3v) is 7.94. The van der Waals surface area contributed by atoms with E-state index < -0.39 is 23.8 Å². The van der Waals surface area contributed by atoms with Crippen LogP contribution in [0.15, 0.2) is 36.7 Å². The number of carbonyl (C=O) groups is 1. The van der Waals surface area contributed by atoms with Gasteiger partial charge >= 0.3 is 6.09 Å². The van der Waals surface area contributed by atoms with Crippen LogP contribution in [0.2, 0.25) is 0 Å². The van der Waals surface area contributed by atoms with Gasteiger partial charge in [0.25, 0.3) is 0 Å². The van der Waals surface area contributed by atoms with E-state index >= 15 is 0 Å². The first-order chi connectivity index (χ1) is 21.0. The Morgan fingerprint density at radius 3 is 2.07 bits per heavy atom. The summed E-state index contributed by atoms with van der Waals surface area (Å²) in [6, 6.07) is 7.30. The SMILES string of the molecule is COc1cc(Nc2ncc(OCc3c(F)c(OC)cc(OC)c3F)cn2)ccc1C1CC2CCC(C1)N2C(=O)OC(C)(C)C. The normalized spacial score (nSPS) is 19.4. The van der Waals surface area contributed by atoms with Gasteiger partial charge in [-0.25, -0.2) is 23.5 Å². The molecule has 3 aromatic rings. The fourth-order valence-corrected chi connectivity index (χ4v) is 5.97. The summed E-state index contributed by atoms with van der Waals surface area (Å²) in [4.78, 5) is 23.3. The second-order valence-electron chi connectivity index (χ2n) is 11.9. The minimum atomic E-state index is -0.872. The molecule has 12 heteroatoms. The first kappa shape index (κ1) is 31.1. The Kier molecular flexibility index (Phi) is 8.98. The maximum absolute atomic E-state index is 14.6. The summed E-state index contributed by atoms with van der Waals surface area (Å²) < 4.78 is 56.2. The van der Waals surface area contributed by atoms with Crippen LogP contribution in [0.3, 0.4) is 0 Å². The average Bonchev–Trinajstić information content (AvgIpc) is 3.26. The minimum absolute atomic E-state index is 0.143. The van der Waals surface area contributed by atoms with Crippen LogP contribution < -0.4 is 24.3 Å². The fraction of sp³-hybridized carbons (Fsp3) is 0.469. The zero-order valence-corrected chi connectivity index (χ0v) is 25.8. The Morgan fingerprint density at radius 1 is 0.932 bits per heavy atom. The molecular weight excluding hydrogens is 574 g/mol. The number of aromatic nitrogens is 2. The highest BCUT2D eigenvalue weighted by Crippen LogP contribution is 2.46. The Morgan fingerprint density at radius 2 is 1.52 bits per heavy atom. The van der Waals surface area contributed by atoms with E-state index in [1.807, 2.05) is 43.9 Å². The van der Waals surface area contributed by atoms with E-state index in [4.69, 9.17) is 23.7 Å². The Bertz CT molecular complexity index is 1460. The number of fused-ring (bicyclic) bond motifs is 2. The standard InChI is InChI=1S/C32H38F2N4O6/c1-32(2,3)44-31(39)38-20-8-9-21(38)12-18(11-20)23-10-7-19(13-25(23)40-4)37-30-35-15-22(16-36-30)43-17-24-28(33)26(41-5)14-27(42-6)29(24)34/h7,10,13-16,18,20-21H,8-9,11-12,17H2,1-6H3,(H,35,36,37). The lowest BCUT2D eigenvalue weighted by atomic mass is 9.84. The number of rotatable bonds is 9. The summed E-state index contributed by atoms with van der Waals surface area (Å²) >= 11 is 0. The van der Waals surface area contributed by atoms with Gasteiger partial charge < -0.3 is 33.9 Å². The van der Waals surface area contributed by atoms with Gasteiger partial charge in [-0.05, 0) is 64.0 Å². The van der Waals surface area contributed by atoms with Crippen molar-refractivity contribution in [2.24, 2.45) is 0 Å². The lowest BCUT2D eigenvalue weighted by molar-refractivity contribution is 0.00578. The zero-order chi connectivity index (χ0) is 31.6. The molecule has 1 N–H and O–H groups in total. The molecule has 1 amide bonds. The minimum Gasteiger partial charge on any atom is -0.496 e. The summed E-state index contributed by atoms with van der Waals surface area (Å²) in [6.45, 7) is 5.25. The number of methoxy groups -OCH3 is 3. The molecule has 44 heavy (non-hydrogen) atoms. The zero-order valence-electron chi connectivity index (χ0n) is 25.8. The predicted octanol–water partition coefficient (Wildman–Crippen LogP) is 6.75. The summed E-state index contributed by atoms with van der Waals surface area (Å²) in [5.41, 5.74) is 0.957. The van der Waals surface area contributed by atoms with Crippen molar-refractivity contribution in [2.45, 2.75) is 76.7 Å². The van der Waals surface area contributed by atoms with Crippen LogP contribution in [0.1, 0.15) is 63.5 Å². The molecule has 2 aromatic carbocycles. The van der Waals surface area contributed by atoms with Gasteiger partial charge in [-0.3, -0.25) is 0 Å². The van der Waals surface area contributed by atoms with Gasteiger partial charge in [0.2, 0.25) is 5.95 Å². The van der Waals surface area contributed by atoms with Gasteiger partial charge in [0.05, 0.1) is 39.3 Å². The Balaban J connectivity index is 1.23. The van der Waals surface area contributed by atoms with E-state index in [0.29, 0.717) is 5.95 Å². The number of hydrogen-bond donors (Lipinski definition) is 1. The number of anilines is 2. The monoisotopic (exact) mass is 612 g/mol. The summed E-state index contributed by atoms with van der Waals surface area (Å²) in [5.74, 6) is -0.541. The second kappa shape index (κ2) is 12.7. The molecule has 2 fully saturated rings. The first-order valence-electron chi connectivity index (χ1n) is 14.5. The molecule has 2 saturated heterocycles. The van der Waals surface area contributed by atoms with Gasteiger partial charge in [0, 0.05) is 29.9 Å². The number of ether oxygens (including phenoxy) is 5. The van der Waals surface area contributed by atoms with Gasteiger partial charge in [-0.2, -0.15) is 0 Å². The summed E-state index contributed by atoms with van der Waals surface area (Å²) in [5, 5.41) is 3.15. The lowest BCUT2D eigenvalue weighted by Gasteiger charge is -2.40. The maximum Gasteiger partial charge on any atom is 0.410 e. The molecule has 1 aromatic heterocycles. The fourth-order valence-electron chi connectivity index (χ4n) is 5.97. The third kappa shape index (κ3) is 6.58. The van der Waals surface area contributed by atoms with Gasteiger partial charge in [-0.1, -0.05) is 6.07 Å². The number of piperidine rings is 1. The Labute approximate surface area is 255 Å². The number of carbonyl (C=O) groups excluding carboxylic acids is 1. The number of nitrogens with one attached hydrogen (secondary N) is 1. The Hall–Kier alpha value is -4.35. The molecule has 3 heterocycles. The van der Waals surface area contributed by atoms with Gasteiger partial charge in [0.1, 0.15) is 18.0 Å². The topological polar surface area (TPSA) is 104 Å². The molecule has 5 rings (SSSR count). The largest absolute Gasteiger partial charge is 0.496 e. The third-order valence-electron chi connectivity index (χ3n) is 7.94. The second-order valence-corrected chi connectivity index (χ2v) is 11.9. The molecule has 2 atom stereocenters. The van der Waals surface area contributed by atoms with Crippen molar-refractivity contribution in [1.82, 2.24) is 14.9 Å². The highest BCUT2D eigenvalue weighted by Gasteiger charge is 2.45. The van der Waals surface area contributed by atoms with Crippen molar-refractivity contribution in [3.8, 4) is 23.0 Å². The van der Waals surface area contributed by atoms with E-state index in [1.54, 1.807) is 7.11 Å². The van der Waals surface area contributed by atoms with Crippen LogP contribution in [-0.4, -0.2) is 60.0 Å². The molecule has 236 valence electrons. The molecule has 2 unspecified atom stereocenters. The van der Waals surface area contributed by atoms with Crippen LogP contribution in [0.4, 0.5) is 25.2 Å². The summed E-state index contributed by atoms with van der Waals surface area (Å²) in [7, 11) is 4.20. The van der Waals surface area contributed by atoms with Crippen LogP contribution in [0.5, 0.6) is 23.0 Å². The molecule has 10 nitrogen and oxygen atoms in total. The molecule has 0 radical (unpaired) electrons. The highest BCUT2D eigenvalue weighted by molar-refractivity contribution is 5.70. The van der Waals surface area contributed by atoms with Crippen molar-refractivity contribution in [1.29, 1.82) is 0 Å². The van der Waals surface area contributed by atoms with Crippen molar-refractivity contribution >= 4 is 17.7 Å². The molecular formula is C32H38F2N4O6. The van der Waals surface area contributed by atoms with Crippen molar-refractivity contribution < 1.29 is 37.3 Å². The average molecular weight is 613 g/mol. The molecule has 0 spiro atoms. The number of amides is 1. The molecule has 2 aliphatic heterocycles. The van der Waals surface area contributed by atoms with Gasteiger partial charge in [0.15, 0.2) is 28.9 Å². The summed E-state index contributed by atoms with van der Waals surface area (Å²) in [6.07, 6.45) is 6.21. The van der Waals surface area contributed by atoms with Crippen molar-refractivity contribution in [3.05, 3.63) is 59.4 Å². The molecule has 0 aliphatic carbocycles. The van der Waals surface area contributed by atoms with Crippen molar-refractivity contribution in [3.63, 3.8) is 0 Å². The number of hydrogen-bond acceptors (Lipinski definition) is 9. The van der Waals surface area contributed by atoms with E-state index in [2.05, 4.69) is 15.3 Å². The molecule has 0 saturated carbocycles. The van der Waals surface area contributed by atoms with E-state index in [9.17, 15) is 13.6 Å². The number of benzene rings is 2. The van der Waals surface area contributed by atoms with E-state index in [-0.39, 0.29) is 46.9 Å². The highest BCUT2D eigenvalue weighted by atomic mass is 19.1. The van der Waals surface area contributed by atoms with Crippen LogP contribution in [0.25, 0.3) is 0 Å².